The maximum atomic E-state index is 12.5. The summed E-state index contributed by atoms with van der Waals surface area (Å²) in [6.07, 6.45) is -4.51. The summed E-state index contributed by atoms with van der Waals surface area (Å²) in [4.78, 5) is 0. The number of aromatic nitrogens is 4. The summed E-state index contributed by atoms with van der Waals surface area (Å²) in [6, 6.07) is 9.42. The van der Waals surface area contributed by atoms with Gasteiger partial charge < -0.3 is 10.1 Å². The molecule has 3 rings (SSSR count). The summed E-state index contributed by atoms with van der Waals surface area (Å²) in [7, 11) is 1.57. The molecule has 3 aromatic rings. The molecule has 25 heavy (non-hydrogen) atoms. The van der Waals surface area contributed by atoms with Crippen LogP contribution in [-0.2, 0) is 6.18 Å². The number of anilines is 2. The number of methoxy groups -OCH3 is 1. The zero-order valence-corrected chi connectivity index (χ0v) is 14.2. The first-order valence-corrected chi connectivity index (χ1v) is 8.41. The highest BCUT2D eigenvalue weighted by atomic mass is 32.2. The minimum Gasteiger partial charge on any atom is -0.497 e. The van der Waals surface area contributed by atoms with E-state index in [2.05, 4.69) is 25.7 Å². The van der Waals surface area contributed by atoms with Crippen LogP contribution in [0.15, 0.2) is 45.8 Å². The highest BCUT2D eigenvalue weighted by molar-refractivity contribution is 8.01. The average Bonchev–Trinajstić information content (AvgIpc) is 3.01. The molecule has 0 aliphatic carbocycles. The summed E-state index contributed by atoms with van der Waals surface area (Å²) >= 11 is 2.33. The van der Waals surface area contributed by atoms with Gasteiger partial charge in [-0.05, 0) is 36.0 Å². The molecule has 130 valence electrons. The number of rotatable bonds is 5. The van der Waals surface area contributed by atoms with Crippen LogP contribution in [0.25, 0.3) is 0 Å². The number of nitrogens with zero attached hydrogens (tertiary/aromatic N) is 4. The maximum absolute atomic E-state index is 12.5. The predicted molar refractivity (Wildman–Crippen MR) is 87.3 cm³/mol. The molecule has 6 nitrogen and oxygen atoms in total. The Kier molecular flexibility index (Phi) is 5.04. The first-order valence-electron chi connectivity index (χ1n) is 6.77. The van der Waals surface area contributed by atoms with Crippen molar-refractivity contribution in [2.75, 3.05) is 12.4 Å². The predicted octanol–water partition coefficient (Wildman–Crippen LogP) is 4.25. The summed E-state index contributed by atoms with van der Waals surface area (Å²) in [6.45, 7) is 0. The van der Waals surface area contributed by atoms with Gasteiger partial charge in [0.15, 0.2) is 10.0 Å². The smallest absolute Gasteiger partial charge is 0.435 e. The number of hydrogen-bond acceptors (Lipinski definition) is 8. The van der Waals surface area contributed by atoms with Gasteiger partial charge in [0, 0.05) is 11.8 Å². The molecule has 0 radical (unpaired) electrons. The molecule has 0 atom stereocenters. The van der Waals surface area contributed by atoms with Gasteiger partial charge in [-0.25, -0.2) is 0 Å². The molecular weight excluding hydrogens is 375 g/mol. The van der Waals surface area contributed by atoms with Crippen LogP contribution >= 0.6 is 23.1 Å². The fourth-order valence-electron chi connectivity index (χ4n) is 1.74. The first-order chi connectivity index (χ1) is 11.9. The molecule has 1 aromatic carbocycles. The van der Waals surface area contributed by atoms with Crippen LogP contribution in [0.1, 0.15) is 5.69 Å². The fourth-order valence-corrected chi connectivity index (χ4v) is 3.38. The second-order valence-electron chi connectivity index (χ2n) is 4.59. The molecule has 0 unspecified atom stereocenters. The number of ether oxygens (including phenoxy) is 1. The Morgan fingerprint density at radius 2 is 1.92 bits per heavy atom. The second-order valence-corrected chi connectivity index (χ2v) is 6.83. The van der Waals surface area contributed by atoms with E-state index in [0.717, 1.165) is 23.5 Å². The molecule has 0 bridgehead atoms. The van der Waals surface area contributed by atoms with Crippen LogP contribution in [-0.4, -0.2) is 27.5 Å². The Morgan fingerprint density at radius 1 is 1.08 bits per heavy atom. The number of nitrogens with one attached hydrogen (secondary N) is 1. The number of halogens is 3. The van der Waals surface area contributed by atoms with Crippen LogP contribution in [0.4, 0.5) is 24.0 Å². The molecule has 1 N–H and O–H groups in total. The largest absolute Gasteiger partial charge is 0.497 e. The quantitative estimate of drug-likeness (QED) is 0.704. The van der Waals surface area contributed by atoms with Crippen molar-refractivity contribution in [3.05, 3.63) is 42.1 Å². The zero-order valence-electron chi connectivity index (χ0n) is 12.6. The first kappa shape index (κ1) is 17.4. The third-order valence-electron chi connectivity index (χ3n) is 2.85. The average molecular weight is 385 g/mol. The van der Waals surface area contributed by atoms with E-state index in [0.29, 0.717) is 20.2 Å². The lowest BCUT2D eigenvalue weighted by Crippen LogP contribution is -2.08. The second kappa shape index (κ2) is 7.23. The van der Waals surface area contributed by atoms with Crippen LogP contribution in [0, 0.1) is 0 Å². The Bertz CT molecular complexity index is 854. The highest BCUT2D eigenvalue weighted by Gasteiger charge is 2.32. The van der Waals surface area contributed by atoms with Gasteiger partial charge in [0.05, 0.1) is 7.11 Å². The van der Waals surface area contributed by atoms with E-state index in [4.69, 9.17) is 4.74 Å². The van der Waals surface area contributed by atoms with E-state index in [-0.39, 0.29) is 0 Å². The van der Waals surface area contributed by atoms with Gasteiger partial charge in [-0.15, -0.1) is 20.4 Å². The standard InChI is InChI=1S/C14H10F3N5OS2/c1-23-9-4-2-3-8(7-9)18-12-21-22-13(25-12)24-11-6-5-10(19-20-11)14(15,16)17/h2-7H,1H3,(H,18,21). The summed E-state index contributed by atoms with van der Waals surface area (Å²) in [5.74, 6) is 0.698. The van der Waals surface area contributed by atoms with Crippen molar-refractivity contribution in [2.45, 2.75) is 15.5 Å². The molecular formula is C14H10F3N5OS2. The van der Waals surface area contributed by atoms with Crippen molar-refractivity contribution in [3.63, 3.8) is 0 Å². The monoisotopic (exact) mass is 385 g/mol. The van der Waals surface area contributed by atoms with Crippen molar-refractivity contribution in [1.29, 1.82) is 0 Å². The summed E-state index contributed by atoms with van der Waals surface area (Å²) in [5.41, 5.74) is -0.254. The van der Waals surface area contributed by atoms with Crippen LogP contribution in [0.5, 0.6) is 5.75 Å². The van der Waals surface area contributed by atoms with Gasteiger partial charge in [-0.1, -0.05) is 17.4 Å². The molecule has 0 amide bonds. The van der Waals surface area contributed by atoms with E-state index in [1.807, 2.05) is 18.2 Å². The van der Waals surface area contributed by atoms with E-state index in [9.17, 15) is 13.2 Å². The van der Waals surface area contributed by atoms with Crippen LogP contribution in [0.2, 0.25) is 0 Å². The molecule has 0 saturated carbocycles. The van der Waals surface area contributed by atoms with Gasteiger partial charge in [-0.3, -0.25) is 0 Å². The molecule has 0 fully saturated rings. The minimum absolute atomic E-state index is 0.303. The molecule has 0 spiro atoms. The van der Waals surface area contributed by atoms with Gasteiger partial charge in [0.25, 0.3) is 0 Å². The number of alkyl halides is 3. The third kappa shape index (κ3) is 4.57. The Balaban J connectivity index is 1.67. The topological polar surface area (TPSA) is 72.8 Å². The van der Waals surface area contributed by atoms with E-state index in [1.54, 1.807) is 13.2 Å². The van der Waals surface area contributed by atoms with Gasteiger partial charge >= 0.3 is 6.18 Å². The van der Waals surface area contributed by atoms with Crippen molar-refractivity contribution in [1.82, 2.24) is 20.4 Å². The number of hydrogen-bond donors (Lipinski definition) is 1. The summed E-state index contributed by atoms with van der Waals surface area (Å²) in [5, 5.41) is 18.6. The fraction of sp³-hybridized carbons (Fsp3) is 0.143. The van der Waals surface area contributed by atoms with Crippen molar-refractivity contribution in [2.24, 2.45) is 0 Å². The van der Waals surface area contributed by atoms with E-state index < -0.39 is 11.9 Å². The minimum atomic E-state index is -4.51. The van der Waals surface area contributed by atoms with Crippen molar-refractivity contribution < 1.29 is 17.9 Å². The lowest BCUT2D eigenvalue weighted by Gasteiger charge is -2.04. The normalized spacial score (nSPS) is 11.4. The lowest BCUT2D eigenvalue weighted by molar-refractivity contribution is -0.141. The molecule has 2 heterocycles. The van der Waals surface area contributed by atoms with Gasteiger partial charge in [0.1, 0.15) is 10.8 Å². The Morgan fingerprint density at radius 3 is 2.60 bits per heavy atom. The maximum Gasteiger partial charge on any atom is 0.435 e. The van der Waals surface area contributed by atoms with Crippen molar-refractivity contribution >= 4 is 33.9 Å². The number of benzene rings is 1. The van der Waals surface area contributed by atoms with E-state index >= 15 is 0 Å². The van der Waals surface area contributed by atoms with Crippen LogP contribution < -0.4 is 10.1 Å². The molecule has 0 aliphatic heterocycles. The molecule has 0 aliphatic rings. The van der Waals surface area contributed by atoms with Gasteiger partial charge in [-0.2, -0.15) is 13.2 Å². The van der Waals surface area contributed by atoms with Crippen molar-refractivity contribution in [3.8, 4) is 5.75 Å². The molecule has 11 heteroatoms. The summed E-state index contributed by atoms with van der Waals surface area (Å²) < 4.78 is 43.1. The SMILES string of the molecule is COc1cccc(Nc2nnc(Sc3ccc(C(F)(F)F)nn3)s2)c1. The Labute approximate surface area is 148 Å². The lowest BCUT2D eigenvalue weighted by atomic mass is 10.3. The highest BCUT2D eigenvalue weighted by Crippen LogP contribution is 2.33. The van der Waals surface area contributed by atoms with Gasteiger partial charge in [0.2, 0.25) is 5.13 Å². The third-order valence-corrected chi connectivity index (χ3v) is 4.67. The van der Waals surface area contributed by atoms with Crippen LogP contribution in [0.3, 0.4) is 0 Å². The molecule has 0 saturated heterocycles. The Hall–Kier alpha value is -2.40. The molecule has 2 aromatic heterocycles. The zero-order chi connectivity index (χ0) is 17.9. The van der Waals surface area contributed by atoms with E-state index in [1.165, 1.54) is 17.4 Å².